The Hall–Kier alpha value is -1.31. The van der Waals surface area contributed by atoms with Gasteiger partial charge in [0.1, 0.15) is 5.75 Å². The molecule has 0 aliphatic heterocycles. The molecule has 1 aliphatic carbocycles. The van der Waals surface area contributed by atoms with Crippen LogP contribution in [0.4, 0.5) is 0 Å². The normalized spacial score (nSPS) is 23.6. The van der Waals surface area contributed by atoms with E-state index in [4.69, 9.17) is 4.74 Å². The van der Waals surface area contributed by atoms with E-state index in [1.807, 2.05) is 6.92 Å². The van der Waals surface area contributed by atoms with Gasteiger partial charge in [0, 0.05) is 0 Å². The molecule has 0 saturated heterocycles. The fourth-order valence-electron chi connectivity index (χ4n) is 3.36. The van der Waals surface area contributed by atoms with Crippen LogP contribution >= 0.6 is 0 Å². The van der Waals surface area contributed by atoms with Crippen molar-refractivity contribution < 1.29 is 9.53 Å². The Morgan fingerprint density at radius 1 is 1.21 bits per heavy atom. The van der Waals surface area contributed by atoms with E-state index in [2.05, 4.69) is 46.8 Å². The van der Waals surface area contributed by atoms with Crippen LogP contribution in [0.3, 0.4) is 0 Å². The van der Waals surface area contributed by atoms with Crippen LogP contribution in [0.1, 0.15) is 57.7 Å². The van der Waals surface area contributed by atoms with Crippen LogP contribution < -0.4 is 4.74 Å². The highest BCUT2D eigenvalue weighted by Gasteiger charge is 2.42. The Morgan fingerprint density at radius 2 is 1.84 bits per heavy atom. The molecule has 0 heterocycles. The van der Waals surface area contributed by atoms with Crippen LogP contribution in [0.2, 0.25) is 0 Å². The Bertz CT molecular complexity index is 512. The zero-order chi connectivity index (χ0) is 14.4. The van der Waals surface area contributed by atoms with Crippen LogP contribution in [-0.2, 0) is 15.6 Å². The van der Waals surface area contributed by atoms with Gasteiger partial charge in [0.25, 0.3) is 6.47 Å². The summed E-state index contributed by atoms with van der Waals surface area (Å²) < 4.78 is 5.11. The van der Waals surface area contributed by atoms with Gasteiger partial charge in [-0.05, 0) is 52.8 Å². The van der Waals surface area contributed by atoms with E-state index < -0.39 is 0 Å². The van der Waals surface area contributed by atoms with Gasteiger partial charge >= 0.3 is 0 Å². The first-order valence-corrected chi connectivity index (χ1v) is 6.96. The summed E-state index contributed by atoms with van der Waals surface area (Å²) >= 11 is 0. The molecule has 0 aromatic heterocycles. The predicted molar refractivity (Wildman–Crippen MR) is 77.7 cm³/mol. The van der Waals surface area contributed by atoms with E-state index in [1.54, 1.807) is 0 Å². The fraction of sp³-hybridized carbons (Fsp3) is 0.588. The standard InChI is InChI=1S/C17H24O2/c1-11-7-14-13(8-15(11)19-10-18)16(3,4)9-12(2)17(14,5)6/h7-8,10,12H,9H2,1-6H3. The summed E-state index contributed by atoms with van der Waals surface area (Å²) in [5.74, 6) is 1.32. The molecule has 1 aliphatic rings. The molecular weight excluding hydrogens is 236 g/mol. The molecule has 2 heteroatoms. The van der Waals surface area contributed by atoms with Gasteiger partial charge in [-0.15, -0.1) is 0 Å². The Labute approximate surface area is 116 Å². The van der Waals surface area contributed by atoms with Gasteiger partial charge in [0.05, 0.1) is 0 Å². The second-order valence-electron chi connectivity index (χ2n) is 7.09. The molecule has 0 bridgehead atoms. The highest BCUT2D eigenvalue weighted by molar-refractivity contribution is 5.54. The third-order valence-electron chi connectivity index (χ3n) is 4.96. The Morgan fingerprint density at radius 3 is 2.42 bits per heavy atom. The molecule has 1 unspecified atom stereocenters. The molecule has 0 saturated carbocycles. The lowest BCUT2D eigenvalue weighted by Crippen LogP contribution is -2.40. The Balaban J connectivity index is 2.68. The highest BCUT2D eigenvalue weighted by Crippen LogP contribution is 2.50. The summed E-state index contributed by atoms with van der Waals surface area (Å²) in [6.45, 7) is 14.0. The van der Waals surface area contributed by atoms with E-state index in [1.165, 1.54) is 11.1 Å². The summed E-state index contributed by atoms with van der Waals surface area (Å²) in [5, 5.41) is 0. The lowest BCUT2D eigenvalue weighted by molar-refractivity contribution is -0.120. The number of aryl methyl sites for hydroxylation is 1. The van der Waals surface area contributed by atoms with Gasteiger partial charge in [-0.2, -0.15) is 0 Å². The first kappa shape index (κ1) is 14.1. The van der Waals surface area contributed by atoms with Crippen molar-refractivity contribution in [2.75, 3.05) is 0 Å². The van der Waals surface area contributed by atoms with Gasteiger partial charge in [-0.25, -0.2) is 0 Å². The number of hydrogen-bond donors (Lipinski definition) is 0. The van der Waals surface area contributed by atoms with Crippen molar-refractivity contribution in [3.05, 3.63) is 28.8 Å². The summed E-state index contributed by atoms with van der Waals surface area (Å²) in [4.78, 5) is 10.6. The number of rotatable bonds is 2. The van der Waals surface area contributed by atoms with Gasteiger partial charge in [-0.1, -0.05) is 40.7 Å². The smallest absolute Gasteiger partial charge is 0.298 e. The molecule has 0 N–H and O–H groups in total. The van der Waals surface area contributed by atoms with Crippen molar-refractivity contribution in [2.45, 2.75) is 58.8 Å². The molecule has 0 fully saturated rings. The number of carbonyl (C=O) groups excluding carboxylic acids is 1. The lowest BCUT2D eigenvalue weighted by atomic mass is 9.58. The zero-order valence-corrected chi connectivity index (χ0v) is 12.8. The topological polar surface area (TPSA) is 26.3 Å². The molecule has 2 rings (SSSR count). The molecule has 19 heavy (non-hydrogen) atoms. The number of ether oxygens (including phenoxy) is 1. The number of benzene rings is 1. The van der Waals surface area contributed by atoms with Crippen molar-refractivity contribution in [3.63, 3.8) is 0 Å². The van der Waals surface area contributed by atoms with E-state index in [-0.39, 0.29) is 10.8 Å². The maximum absolute atomic E-state index is 10.6. The van der Waals surface area contributed by atoms with Crippen molar-refractivity contribution in [2.24, 2.45) is 5.92 Å². The summed E-state index contributed by atoms with van der Waals surface area (Å²) in [6, 6.07) is 4.26. The van der Waals surface area contributed by atoms with Crippen molar-refractivity contribution in [1.82, 2.24) is 0 Å². The molecule has 1 aromatic rings. The first-order valence-electron chi connectivity index (χ1n) is 6.96. The molecular formula is C17H24O2. The number of carbonyl (C=O) groups is 1. The Kier molecular flexibility index (Phi) is 3.24. The molecule has 2 nitrogen and oxygen atoms in total. The first-order chi connectivity index (χ1) is 8.70. The average molecular weight is 260 g/mol. The quantitative estimate of drug-likeness (QED) is 0.747. The number of fused-ring (bicyclic) bond motifs is 1. The molecule has 0 amide bonds. The monoisotopic (exact) mass is 260 g/mol. The van der Waals surface area contributed by atoms with Gasteiger partial charge in [-0.3, -0.25) is 4.79 Å². The van der Waals surface area contributed by atoms with Gasteiger partial charge in [0.2, 0.25) is 0 Å². The van der Waals surface area contributed by atoms with Crippen molar-refractivity contribution in [3.8, 4) is 5.75 Å². The van der Waals surface area contributed by atoms with E-state index in [0.717, 1.165) is 12.0 Å². The van der Waals surface area contributed by atoms with Gasteiger partial charge < -0.3 is 4.74 Å². The molecule has 104 valence electrons. The fourth-order valence-corrected chi connectivity index (χ4v) is 3.36. The summed E-state index contributed by atoms with van der Waals surface area (Å²) in [5.41, 5.74) is 4.03. The third-order valence-corrected chi connectivity index (χ3v) is 4.96. The molecule has 0 spiro atoms. The second-order valence-corrected chi connectivity index (χ2v) is 7.09. The van der Waals surface area contributed by atoms with E-state index in [0.29, 0.717) is 18.1 Å². The van der Waals surface area contributed by atoms with Gasteiger partial charge in [0.15, 0.2) is 0 Å². The SMILES string of the molecule is Cc1cc2c(cc1OC=O)C(C)(C)CC(C)C2(C)C. The molecule has 1 aromatic carbocycles. The minimum Gasteiger partial charge on any atom is -0.428 e. The molecule has 1 atom stereocenters. The minimum absolute atomic E-state index is 0.124. The lowest BCUT2D eigenvalue weighted by Gasteiger charge is -2.46. The largest absolute Gasteiger partial charge is 0.428 e. The third kappa shape index (κ3) is 2.18. The highest BCUT2D eigenvalue weighted by atomic mass is 16.5. The zero-order valence-electron chi connectivity index (χ0n) is 12.8. The maximum atomic E-state index is 10.6. The van der Waals surface area contributed by atoms with E-state index >= 15 is 0 Å². The minimum atomic E-state index is 0.124. The predicted octanol–water partition coefficient (Wildman–Crippen LogP) is 4.13. The summed E-state index contributed by atoms with van der Waals surface area (Å²) in [6.07, 6.45) is 1.15. The maximum Gasteiger partial charge on any atom is 0.298 e. The summed E-state index contributed by atoms with van der Waals surface area (Å²) in [7, 11) is 0. The average Bonchev–Trinajstić information content (AvgIpc) is 2.29. The molecule has 0 radical (unpaired) electrons. The van der Waals surface area contributed by atoms with Crippen LogP contribution in [0.25, 0.3) is 0 Å². The van der Waals surface area contributed by atoms with Crippen LogP contribution in [0, 0.1) is 12.8 Å². The second kappa shape index (κ2) is 4.36. The van der Waals surface area contributed by atoms with E-state index in [9.17, 15) is 4.79 Å². The van der Waals surface area contributed by atoms with Crippen LogP contribution in [0.15, 0.2) is 12.1 Å². The van der Waals surface area contributed by atoms with Crippen molar-refractivity contribution >= 4 is 6.47 Å². The van der Waals surface area contributed by atoms with Crippen molar-refractivity contribution in [1.29, 1.82) is 0 Å². The van der Waals surface area contributed by atoms with Crippen LogP contribution in [0.5, 0.6) is 5.75 Å². The van der Waals surface area contributed by atoms with Crippen LogP contribution in [-0.4, -0.2) is 6.47 Å². The number of hydrogen-bond acceptors (Lipinski definition) is 2.